The van der Waals surface area contributed by atoms with Crippen LogP contribution in [-0.2, 0) is 0 Å². The molecule has 1 aromatic carbocycles. The number of nitrogens with zero attached hydrogens (tertiary/aromatic N) is 1. The molecule has 1 N–H and O–H groups in total. The summed E-state index contributed by atoms with van der Waals surface area (Å²) in [5.74, 6) is -0.144. The summed E-state index contributed by atoms with van der Waals surface area (Å²) in [7, 11) is 1.94. The Labute approximate surface area is 117 Å². The van der Waals surface area contributed by atoms with E-state index in [0.717, 1.165) is 18.7 Å². The summed E-state index contributed by atoms with van der Waals surface area (Å²) in [4.78, 5) is 1.98. The normalized spacial score (nSPS) is 13.4. The first-order chi connectivity index (χ1) is 8.74. The van der Waals surface area contributed by atoms with E-state index in [4.69, 9.17) is 0 Å². The van der Waals surface area contributed by atoms with Crippen LogP contribution in [-0.4, -0.2) is 20.1 Å². The molecule has 0 aliphatic rings. The molecule has 2 nitrogen and oxygen atoms in total. The lowest BCUT2D eigenvalue weighted by atomic mass is 9.96. The Kier molecular flexibility index (Phi) is 5.36. The van der Waals surface area contributed by atoms with Gasteiger partial charge in [-0.1, -0.05) is 33.8 Å². The summed E-state index contributed by atoms with van der Waals surface area (Å²) in [6.45, 7) is 12.3. The molecule has 19 heavy (non-hydrogen) atoms. The van der Waals surface area contributed by atoms with Crippen LogP contribution in [0, 0.1) is 11.2 Å². The molecular weight excluding hydrogens is 239 g/mol. The quantitative estimate of drug-likeness (QED) is 0.867. The van der Waals surface area contributed by atoms with Gasteiger partial charge in [-0.25, -0.2) is 4.39 Å². The molecule has 0 aliphatic heterocycles. The second kappa shape index (κ2) is 6.38. The molecule has 1 aromatic rings. The van der Waals surface area contributed by atoms with Crippen molar-refractivity contribution in [3.8, 4) is 0 Å². The van der Waals surface area contributed by atoms with Crippen LogP contribution in [0.3, 0.4) is 0 Å². The molecule has 1 atom stereocenters. The maximum atomic E-state index is 14.2. The lowest BCUT2D eigenvalue weighted by Gasteiger charge is -2.29. The van der Waals surface area contributed by atoms with Crippen LogP contribution in [0.5, 0.6) is 0 Å². The Morgan fingerprint density at radius 3 is 2.42 bits per heavy atom. The summed E-state index contributed by atoms with van der Waals surface area (Å²) in [6.07, 6.45) is 0. The molecule has 108 valence electrons. The number of hydrogen-bond donors (Lipinski definition) is 1. The highest BCUT2D eigenvalue weighted by Gasteiger charge is 2.17. The van der Waals surface area contributed by atoms with Crippen molar-refractivity contribution >= 4 is 5.69 Å². The molecule has 0 saturated heterocycles. The van der Waals surface area contributed by atoms with Gasteiger partial charge in [-0.2, -0.15) is 0 Å². The van der Waals surface area contributed by atoms with Crippen LogP contribution in [0.25, 0.3) is 0 Å². The number of hydrogen-bond acceptors (Lipinski definition) is 2. The number of benzene rings is 1. The summed E-state index contributed by atoms with van der Waals surface area (Å²) < 4.78 is 14.2. The lowest BCUT2D eigenvalue weighted by molar-refractivity contribution is 0.417. The molecule has 0 saturated carbocycles. The Hall–Kier alpha value is -1.09. The van der Waals surface area contributed by atoms with Gasteiger partial charge in [0, 0.05) is 19.6 Å². The highest BCUT2D eigenvalue weighted by atomic mass is 19.1. The van der Waals surface area contributed by atoms with Crippen molar-refractivity contribution in [2.45, 2.75) is 40.7 Å². The molecule has 1 unspecified atom stereocenters. The van der Waals surface area contributed by atoms with Gasteiger partial charge in [-0.05, 0) is 36.6 Å². The Morgan fingerprint density at radius 2 is 1.95 bits per heavy atom. The van der Waals surface area contributed by atoms with Gasteiger partial charge >= 0.3 is 0 Å². The van der Waals surface area contributed by atoms with E-state index in [9.17, 15) is 4.39 Å². The predicted octanol–water partition coefficient (Wildman–Crippen LogP) is 3.98. The minimum Gasteiger partial charge on any atom is -0.372 e. The highest BCUT2D eigenvalue weighted by molar-refractivity contribution is 5.49. The topological polar surface area (TPSA) is 15.3 Å². The minimum absolute atomic E-state index is 0.144. The van der Waals surface area contributed by atoms with Gasteiger partial charge in [0.1, 0.15) is 5.82 Å². The standard InChI is InChI=1S/C16H27FN2/c1-7-18-12(2)13-8-9-15(14(17)10-13)19(6)11-16(3,4)5/h8-10,12,18H,7,11H2,1-6H3. The van der Waals surface area contributed by atoms with E-state index < -0.39 is 0 Å². The van der Waals surface area contributed by atoms with E-state index in [2.05, 4.69) is 39.9 Å². The molecule has 0 aromatic heterocycles. The fourth-order valence-corrected chi connectivity index (χ4v) is 2.32. The van der Waals surface area contributed by atoms with Crippen molar-refractivity contribution in [3.63, 3.8) is 0 Å². The molecule has 0 spiro atoms. The maximum Gasteiger partial charge on any atom is 0.146 e. The molecule has 0 heterocycles. The highest BCUT2D eigenvalue weighted by Crippen LogP contribution is 2.25. The summed E-state index contributed by atoms with van der Waals surface area (Å²) >= 11 is 0. The molecule has 1 rings (SSSR count). The Bertz CT molecular complexity index is 410. The van der Waals surface area contributed by atoms with E-state index >= 15 is 0 Å². The summed E-state index contributed by atoms with van der Waals surface area (Å²) in [5.41, 5.74) is 1.81. The van der Waals surface area contributed by atoms with Crippen molar-refractivity contribution in [2.75, 3.05) is 25.0 Å². The predicted molar refractivity (Wildman–Crippen MR) is 81.2 cm³/mol. The second-order valence-corrected chi connectivity index (χ2v) is 6.41. The van der Waals surface area contributed by atoms with Crippen molar-refractivity contribution in [2.24, 2.45) is 5.41 Å². The van der Waals surface area contributed by atoms with Crippen LogP contribution < -0.4 is 10.2 Å². The zero-order valence-corrected chi connectivity index (χ0v) is 13.0. The van der Waals surface area contributed by atoms with E-state index in [1.54, 1.807) is 6.07 Å². The fraction of sp³-hybridized carbons (Fsp3) is 0.625. The summed E-state index contributed by atoms with van der Waals surface area (Å²) in [5, 5.41) is 3.30. The molecule has 0 amide bonds. The van der Waals surface area contributed by atoms with Gasteiger partial charge in [0.2, 0.25) is 0 Å². The molecule has 0 aliphatic carbocycles. The third kappa shape index (κ3) is 4.83. The third-order valence-electron chi connectivity index (χ3n) is 3.10. The van der Waals surface area contributed by atoms with E-state index in [1.165, 1.54) is 0 Å². The first-order valence-electron chi connectivity index (χ1n) is 6.98. The van der Waals surface area contributed by atoms with E-state index in [0.29, 0.717) is 5.69 Å². The van der Waals surface area contributed by atoms with Crippen LogP contribution in [0.15, 0.2) is 18.2 Å². The van der Waals surface area contributed by atoms with E-state index in [-0.39, 0.29) is 17.3 Å². The number of anilines is 1. The van der Waals surface area contributed by atoms with Crippen LogP contribution in [0.4, 0.5) is 10.1 Å². The Morgan fingerprint density at radius 1 is 1.32 bits per heavy atom. The monoisotopic (exact) mass is 266 g/mol. The minimum atomic E-state index is -0.144. The zero-order valence-electron chi connectivity index (χ0n) is 13.0. The van der Waals surface area contributed by atoms with E-state index in [1.807, 2.05) is 24.1 Å². The molecule has 0 bridgehead atoms. The number of rotatable bonds is 5. The van der Waals surface area contributed by atoms with Gasteiger partial charge in [0.15, 0.2) is 0 Å². The largest absolute Gasteiger partial charge is 0.372 e. The van der Waals surface area contributed by atoms with Crippen LogP contribution >= 0.6 is 0 Å². The zero-order chi connectivity index (χ0) is 14.6. The number of halogens is 1. The van der Waals surface area contributed by atoms with Crippen molar-refractivity contribution in [3.05, 3.63) is 29.6 Å². The van der Waals surface area contributed by atoms with Crippen molar-refractivity contribution in [1.29, 1.82) is 0 Å². The first kappa shape index (κ1) is 16.0. The molecule has 0 fully saturated rings. The molecular formula is C16H27FN2. The molecule has 0 radical (unpaired) electrons. The van der Waals surface area contributed by atoms with Crippen LogP contribution in [0.2, 0.25) is 0 Å². The van der Waals surface area contributed by atoms with Crippen LogP contribution in [0.1, 0.15) is 46.2 Å². The fourth-order valence-electron chi connectivity index (χ4n) is 2.32. The third-order valence-corrected chi connectivity index (χ3v) is 3.10. The van der Waals surface area contributed by atoms with Crippen molar-refractivity contribution in [1.82, 2.24) is 5.32 Å². The lowest BCUT2D eigenvalue weighted by Crippen LogP contribution is -2.29. The summed E-state index contributed by atoms with van der Waals surface area (Å²) in [6, 6.07) is 5.71. The smallest absolute Gasteiger partial charge is 0.146 e. The Balaban J connectivity index is 2.88. The molecule has 3 heteroatoms. The second-order valence-electron chi connectivity index (χ2n) is 6.41. The van der Waals surface area contributed by atoms with Gasteiger partial charge in [0.05, 0.1) is 5.69 Å². The number of nitrogens with one attached hydrogen (secondary N) is 1. The SMILES string of the molecule is CCNC(C)c1ccc(N(C)CC(C)(C)C)c(F)c1. The van der Waals surface area contributed by atoms with Gasteiger partial charge in [-0.15, -0.1) is 0 Å². The average molecular weight is 266 g/mol. The van der Waals surface area contributed by atoms with Gasteiger partial charge in [-0.3, -0.25) is 0 Å². The van der Waals surface area contributed by atoms with Gasteiger partial charge in [0.25, 0.3) is 0 Å². The van der Waals surface area contributed by atoms with Gasteiger partial charge < -0.3 is 10.2 Å². The maximum absolute atomic E-state index is 14.2. The first-order valence-corrected chi connectivity index (χ1v) is 6.98. The van der Waals surface area contributed by atoms with Crippen molar-refractivity contribution < 1.29 is 4.39 Å². The average Bonchev–Trinajstić information content (AvgIpc) is 2.26.